The van der Waals surface area contributed by atoms with E-state index in [2.05, 4.69) is 27.8 Å². The molecule has 1 heterocycles. The number of primary amides is 1. The van der Waals surface area contributed by atoms with Crippen LogP contribution < -0.4 is 16.4 Å². The molecule has 0 saturated carbocycles. The number of rotatable bonds is 10. The standard InChI is InChI=1S/C10H19N5O3/c1-2-3-12-6-9-14-15-10(18-9)13-4-5-17-7-8(11)16/h12H,2-7H2,1H3,(H2,11,16)(H,13,15). The maximum atomic E-state index is 10.4. The number of nitrogens with two attached hydrogens (primary N) is 1. The summed E-state index contributed by atoms with van der Waals surface area (Å²) in [6.07, 6.45) is 1.05. The molecule has 1 aromatic heterocycles. The Labute approximate surface area is 105 Å². The van der Waals surface area contributed by atoms with Crippen molar-refractivity contribution < 1.29 is 13.9 Å². The van der Waals surface area contributed by atoms with Gasteiger partial charge >= 0.3 is 6.01 Å². The fourth-order valence-corrected chi connectivity index (χ4v) is 1.17. The average Bonchev–Trinajstić information content (AvgIpc) is 2.77. The van der Waals surface area contributed by atoms with Crippen LogP contribution in [-0.4, -0.2) is 42.4 Å². The number of aromatic nitrogens is 2. The molecule has 1 rings (SSSR count). The second kappa shape index (κ2) is 8.43. The molecule has 8 nitrogen and oxygen atoms in total. The van der Waals surface area contributed by atoms with Crippen LogP contribution in [0.25, 0.3) is 0 Å². The number of carbonyl (C=O) groups excluding carboxylic acids is 1. The summed E-state index contributed by atoms with van der Waals surface area (Å²) in [5.41, 5.74) is 4.91. The third kappa shape index (κ3) is 6.16. The van der Waals surface area contributed by atoms with Crippen LogP contribution in [0.3, 0.4) is 0 Å². The Morgan fingerprint density at radius 1 is 1.44 bits per heavy atom. The lowest BCUT2D eigenvalue weighted by Gasteiger charge is -2.01. The molecule has 0 bridgehead atoms. The molecule has 8 heteroatoms. The largest absolute Gasteiger partial charge is 0.407 e. The Morgan fingerprint density at radius 2 is 2.28 bits per heavy atom. The average molecular weight is 257 g/mol. The van der Waals surface area contributed by atoms with Crippen LogP contribution in [0.2, 0.25) is 0 Å². The van der Waals surface area contributed by atoms with Crippen molar-refractivity contribution in [3.63, 3.8) is 0 Å². The third-order valence-corrected chi connectivity index (χ3v) is 1.94. The van der Waals surface area contributed by atoms with Gasteiger partial charge in [0.25, 0.3) is 0 Å². The van der Waals surface area contributed by atoms with E-state index in [9.17, 15) is 4.79 Å². The summed E-state index contributed by atoms with van der Waals surface area (Å²) in [4.78, 5) is 10.4. The van der Waals surface area contributed by atoms with Crippen molar-refractivity contribution >= 4 is 11.9 Å². The minimum Gasteiger partial charge on any atom is -0.407 e. The summed E-state index contributed by atoms with van der Waals surface area (Å²) in [5, 5.41) is 13.7. The lowest BCUT2D eigenvalue weighted by molar-refractivity contribution is -0.122. The predicted octanol–water partition coefficient (Wildman–Crippen LogP) is -0.517. The predicted molar refractivity (Wildman–Crippen MR) is 64.8 cm³/mol. The maximum Gasteiger partial charge on any atom is 0.315 e. The molecule has 0 unspecified atom stereocenters. The lowest BCUT2D eigenvalue weighted by Crippen LogP contribution is -2.20. The van der Waals surface area contributed by atoms with Crippen LogP contribution in [0.1, 0.15) is 19.2 Å². The Morgan fingerprint density at radius 3 is 3.00 bits per heavy atom. The second-order valence-electron chi connectivity index (χ2n) is 3.62. The van der Waals surface area contributed by atoms with Crippen molar-refractivity contribution in [1.82, 2.24) is 15.5 Å². The van der Waals surface area contributed by atoms with Gasteiger partial charge in [-0.05, 0) is 13.0 Å². The van der Waals surface area contributed by atoms with E-state index in [0.717, 1.165) is 13.0 Å². The first-order valence-electron chi connectivity index (χ1n) is 5.85. The van der Waals surface area contributed by atoms with Gasteiger partial charge in [0, 0.05) is 6.54 Å². The fourth-order valence-electron chi connectivity index (χ4n) is 1.17. The molecular weight excluding hydrogens is 238 g/mol. The maximum absolute atomic E-state index is 10.4. The van der Waals surface area contributed by atoms with Crippen LogP contribution in [0.5, 0.6) is 0 Å². The molecule has 102 valence electrons. The third-order valence-electron chi connectivity index (χ3n) is 1.94. The first-order valence-corrected chi connectivity index (χ1v) is 5.85. The van der Waals surface area contributed by atoms with E-state index in [1.807, 2.05) is 0 Å². The lowest BCUT2D eigenvalue weighted by atomic mass is 10.5. The molecule has 0 aliphatic rings. The highest BCUT2D eigenvalue weighted by molar-refractivity contribution is 5.74. The SMILES string of the molecule is CCCNCc1nnc(NCCOCC(N)=O)o1. The van der Waals surface area contributed by atoms with E-state index in [1.54, 1.807) is 0 Å². The molecule has 0 radical (unpaired) electrons. The highest BCUT2D eigenvalue weighted by atomic mass is 16.5. The van der Waals surface area contributed by atoms with Gasteiger partial charge in [0.15, 0.2) is 0 Å². The number of nitrogens with zero attached hydrogens (tertiary/aromatic N) is 2. The molecule has 0 atom stereocenters. The molecular formula is C10H19N5O3. The van der Waals surface area contributed by atoms with Crippen molar-refractivity contribution in [3.05, 3.63) is 5.89 Å². The zero-order valence-corrected chi connectivity index (χ0v) is 10.4. The number of carbonyl (C=O) groups is 1. The number of ether oxygens (including phenoxy) is 1. The van der Waals surface area contributed by atoms with Crippen LogP contribution in [0.4, 0.5) is 6.01 Å². The van der Waals surface area contributed by atoms with Gasteiger partial charge in [-0.3, -0.25) is 4.79 Å². The van der Waals surface area contributed by atoms with Gasteiger partial charge < -0.3 is 25.5 Å². The van der Waals surface area contributed by atoms with E-state index in [1.165, 1.54) is 0 Å². The highest BCUT2D eigenvalue weighted by Crippen LogP contribution is 2.04. The topological polar surface area (TPSA) is 115 Å². The Bertz CT molecular complexity index is 355. The van der Waals surface area contributed by atoms with Crippen molar-refractivity contribution in [2.24, 2.45) is 5.73 Å². The van der Waals surface area contributed by atoms with E-state index < -0.39 is 5.91 Å². The van der Waals surface area contributed by atoms with Gasteiger partial charge in [-0.2, -0.15) is 0 Å². The minimum atomic E-state index is -0.489. The van der Waals surface area contributed by atoms with Crippen LogP contribution in [-0.2, 0) is 16.1 Å². The van der Waals surface area contributed by atoms with Gasteiger partial charge in [-0.15, -0.1) is 5.10 Å². The van der Waals surface area contributed by atoms with Gasteiger partial charge in [-0.1, -0.05) is 12.0 Å². The number of amides is 1. The number of hydrogen-bond acceptors (Lipinski definition) is 7. The van der Waals surface area contributed by atoms with E-state index >= 15 is 0 Å². The smallest absolute Gasteiger partial charge is 0.315 e. The van der Waals surface area contributed by atoms with Gasteiger partial charge in [0.05, 0.1) is 13.2 Å². The molecule has 0 aromatic carbocycles. The molecule has 0 saturated heterocycles. The molecule has 0 fully saturated rings. The first kappa shape index (κ1) is 14.4. The monoisotopic (exact) mass is 257 g/mol. The first-order chi connectivity index (χ1) is 8.72. The fraction of sp³-hybridized carbons (Fsp3) is 0.700. The molecule has 0 spiro atoms. The van der Waals surface area contributed by atoms with Crippen molar-refractivity contribution in [3.8, 4) is 0 Å². The van der Waals surface area contributed by atoms with Gasteiger partial charge in [0.2, 0.25) is 11.8 Å². The van der Waals surface area contributed by atoms with Crippen molar-refractivity contribution in [1.29, 1.82) is 0 Å². The van der Waals surface area contributed by atoms with E-state index in [4.69, 9.17) is 14.9 Å². The molecule has 4 N–H and O–H groups in total. The molecule has 1 aromatic rings. The number of nitrogens with one attached hydrogen (secondary N) is 2. The zero-order valence-electron chi connectivity index (χ0n) is 10.4. The van der Waals surface area contributed by atoms with Gasteiger partial charge in [-0.25, -0.2) is 0 Å². The van der Waals surface area contributed by atoms with Gasteiger partial charge in [0.1, 0.15) is 6.61 Å². The summed E-state index contributed by atoms with van der Waals surface area (Å²) in [6.45, 7) is 4.27. The Balaban J connectivity index is 2.13. The quantitative estimate of drug-likeness (QED) is 0.483. The van der Waals surface area contributed by atoms with Crippen LogP contribution in [0, 0.1) is 0 Å². The zero-order chi connectivity index (χ0) is 13.2. The Kier molecular flexibility index (Phi) is 6.74. The molecule has 1 amide bonds. The summed E-state index contributed by atoms with van der Waals surface area (Å²) in [5.74, 6) is 0.0427. The second-order valence-corrected chi connectivity index (χ2v) is 3.62. The number of hydrogen-bond donors (Lipinski definition) is 3. The summed E-state index contributed by atoms with van der Waals surface area (Å²) in [6, 6.07) is 0.339. The molecule has 0 aliphatic heterocycles. The van der Waals surface area contributed by atoms with Crippen molar-refractivity contribution in [2.75, 3.05) is 31.6 Å². The summed E-state index contributed by atoms with van der Waals surface area (Å²) < 4.78 is 10.3. The number of anilines is 1. The summed E-state index contributed by atoms with van der Waals surface area (Å²) >= 11 is 0. The molecule has 18 heavy (non-hydrogen) atoms. The normalized spacial score (nSPS) is 10.5. The van der Waals surface area contributed by atoms with E-state index in [-0.39, 0.29) is 6.61 Å². The summed E-state index contributed by atoms with van der Waals surface area (Å²) in [7, 11) is 0. The van der Waals surface area contributed by atoms with Crippen LogP contribution in [0.15, 0.2) is 4.42 Å². The minimum absolute atomic E-state index is 0.0856. The van der Waals surface area contributed by atoms with Crippen LogP contribution >= 0.6 is 0 Å². The molecule has 0 aliphatic carbocycles. The highest BCUT2D eigenvalue weighted by Gasteiger charge is 2.04. The van der Waals surface area contributed by atoms with E-state index in [0.29, 0.717) is 31.6 Å². The Hall–Kier alpha value is -1.67. The van der Waals surface area contributed by atoms with Crippen molar-refractivity contribution in [2.45, 2.75) is 19.9 Å².